The van der Waals surface area contributed by atoms with Gasteiger partial charge in [-0.2, -0.15) is 0 Å². The molecule has 0 saturated heterocycles. The highest BCUT2D eigenvalue weighted by Crippen LogP contribution is 2.37. The van der Waals surface area contributed by atoms with Crippen LogP contribution in [0.15, 0.2) is 65.2 Å². The van der Waals surface area contributed by atoms with Crippen LogP contribution in [-0.4, -0.2) is 31.1 Å². The number of nitro groups is 1. The van der Waals surface area contributed by atoms with Crippen LogP contribution in [0.1, 0.15) is 10.4 Å². The second-order valence-electron chi connectivity index (χ2n) is 5.43. The fourth-order valence-electron chi connectivity index (χ4n) is 2.45. The maximum atomic E-state index is 11.3. The first-order chi connectivity index (χ1) is 13.0. The Bertz CT molecular complexity index is 1030. The van der Waals surface area contributed by atoms with Gasteiger partial charge in [-0.25, -0.2) is 0 Å². The van der Waals surface area contributed by atoms with Crippen molar-refractivity contribution in [2.75, 3.05) is 0 Å². The molecule has 0 unspecified atom stereocenters. The molecule has 8 nitrogen and oxygen atoms in total. The van der Waals surface area contributed by atoms with E-state index in [-0.39, 0.29) is 17.0 Å². The average molecular weight is 382 g/mol. The normalized spacial score (nSPS) is 10.5. The minimum Gasteiger partial charge on any atom is -0.507 e. The van der Waals surface area contributed by atoms with Crippen molar-refractivity contribution in [1.29, 1.82) is 0 Å². The molecule has 3 rings (SSSR count). The summed E-state index contributed by atoms with van der Waals surface area (Å²) >= 11 is 1.05. The molecule has 27 heavy (non-hydrogen) atoms. The SMILES string of the molecule is C=CCn1c(Sc2ccc(C=O)cc2[N+](=O)[O-])nnc1-c1ccccc1O. The van der Waals surface area contributed by atoms with Crippen LogP contribution in [-0.2, 0) is 6.54 Å². The molecule has 0 aliphatic heterocycles. The third kappa shape index (κ3) is 3.72. The quantitative estimate of drug-likeness (QED) is 0.287. The third-order valence-corrected chi connectivity index (χ3v) is 4.74. The number of rotatable bonds is 7. The van der Waals surface area contributed by atoms with Crippen molar-refractivity contribution < 1.29 is 14.8 Å². The lowest BCUT2D eigenvalue weighted by molar-refractivity contribution is -0.387. The zero-order valence-corrected chi connectivity index (χ0v) is 14.8. The van der Waals surface area contributed by atoms with E-state index in [1.165, 1.54) is 24.3 Å². The molecular formula is C18H14N4O4S. The summed E-state index contributed by atoms with van der Waals surface area (Å²) in [6.45, 7) is 4.06. The van der Waals surface area contributed by atoms with Gasteiger partial charge >= 0.3 is 0 Å². The molecule has 0 atom stereocenters. The fraction of sp³-hybridized carbons (Fsp3) is 0.0556. The van der Waals surface area contributed by atoms with E-state index in [0.717, 1.165) is 11.8 Å². The van der Waals surface area contributed by atoms with Crippen LogP contribution in [0, 0.1) is 10.1 Å². The Morgan fingerprint density at radius 3 is 2.70 bits per heavy atom. The second-order valence-corrected chi connectivity index (χ2v) is 6.44. The van der Waals surface area contributed by atoms with Crippen molar-refractivity contribution in [1.82, 2.24) is 14.8 Å². The largest absolute Gasteiger partial charge is 0.507 e. The van der Waals surface area contributed by atoms with Crippen LogP contribution in [0.25, 0.3) is 11.4 Å². The average Bonchev–Trinajstić information content (AvgIpc) is 3.05. The second kappa shape index (κ2) is 7.83. The van der Waals surface area contributed by atoms with E-state index in [0.29, 0.717) is 34.3 Å². The number of phenols is 1. The molecule has 0 amide bonds. The van der Waals surface area contributed by atoms with Crippen LogP contribution in [0.4, 0.5) is 5.69 Å². The van der Waals surface area contributed by atoms with Gasteiger partial charge < -0.3 is 5.11 Å². The minimum absolute atomic E-state index is 0.0491. The summed E-state index contributed by atoms with van der Waals surface area (Å²) in [5.41, 5.74) is 0.514. The van der Waals surface area contributed by atoms with Crippen molar-refractivity contribution in [2.24, 2.45) is 0 Å². The van der Waals surface area contributed by atoms with Crippen molar-refractivity contribution in [3.63, 3.8) is 0 Å². The van der Waals surface area contributed by atoms with Crippen LogP contribution >= 0.6 is 11.8 Å². The van der Waals surface area contributed by atoms with E-state index in [9.17, 15) is 20.0 Å². The summed E-state index contributed by atoms with van der Waals surface area (Å²) in [5.74, 6) is 0.468. The number of hydrogen-bond donors (Lipinski definition) is 1. The van der Waals surface area contributed by atoms with Gasteiger partial charge in [0.2, 0.25) is 0 Å². The maximum absolute atomic E-state index is 11.3. The molecule has 1 aromatic heterocycles. The molecule has 0 saturated carbocycles. The lowest BCUT2D eigenvalue weighted by Crippen LogP contribution is -2.01. The van der Waals surface area contributed by atoms with Crippen molar-refractivity contribution in [3.05, 3.63) is 70.8 Å². The molecule has 2 aromatic carbocycles. The van der Waals surface area contributed by atoms with Crippen molar-refractivity contribution in [2.45, 2.75) is 16.6 Å². The molecule has 0 aliphatic rings. The summed E-state index contributed by atoms with van der Waals surface area (Å²) in [6, 6.07) is 10.9. The van der Waals surface area contributed by atoms with Gasteiger partial charge in [-0.05, 0) is 30.0 Å². The number of para-hydroxylation sites is 1. The molecule has 136 valence electrons. The molecule has 1 N–H and O–H groups in total. The van der Waals surface area contributed by atoms with Crippen molar-refractivity contribution >= 4 is 23.7 Å². The van der Waals surface area contributed by atoms with E-state index >= 15 is 0 Å². The number of nitrogens with zero attached hydrogens (tertiary/aromatic N) is 4. The van der Waals surface area contributed by atoms with Crippen LogP contribution in [0.2, 0.25) is 0 Å². The summed E-state index contributed by atoms with van der Waals surface area (Å²) in [5, 5.41) is 30.1. The number of aromatic hydroxyl groups is 1. The number of allylic oxidation sites excluding steroid dienone is 1. The summed E-state index contributed by atoms with van der Waals surface area (Å²) in [4.78, 5) is 22.0. The lowest BCUT2D eigenvalue weighted by Gasteiger charge is -2.09. The first kappa shape index (κ1) is 18.3. The van der Waals surface area contributed by atoms with E-state index in [1.54, 1.807) is 28.8 Å². The number of hydrogen-bond acceptors (Lipinski definition) is 7. The third-order valence-electron chi connectivity index (χ3n) is 3.69. The number of carbonyl (C=O) groups excluding carboxylic acids is 1. The molecule has 1 heterocycles. The molecule has 9 heteroatoms. The maximum Gasteiger partial charge on any atom is 0.284 e. The van der Waals surface area contributed by atoms with Gasteiger partial charge in [0.05, 0.1) is 15.4 Å². The summed E-state index contributed by atoms with van der Waals surface area (Å²) < 4.78 is 1.70. The Morgan fingerprint density at radius 2 is 2.04 bits per heavy atom. The highest BCUT2D eigenvalue weighted by molar-refractivity contribution is 7.99. The van der Waals surface area contributed by atoms with Gasteiger partial charge in [-0.3, -0.25) is 19.5 Å². The molecule has 0 fully saturated rings. The summed E-state index contributed by atoms with van der Waals surface area (Å²) in [6.07, 6.45) is 2.19. The van der Waals surface area contributed by atoms with Gasteiger partial charge in [-0.15, -0.1) is 16.8 Å². The first-order valence-corrected chi connectivity index (χ1v) is 8.60. The highest BCUT2D eigenvalue weighted by Gasteiger charge is 2.21. The molecule has 0 bridgehead atoms. The van der Waals surface area contributed by atoms with E-state index < -0.39 is 4.92 Å². The van der Waals surface area contributed by atoms with Crippen LogP contribution < -0.4 is 0 Å². The minimum atomic E-state index is -0.548. The summed E-state index contributed by atoms with van der Waals surface area (Å²) in [7, 11) is 0. The molecule has 0 aliphatic carbocycles. The monoisotopic (exact) mass is 382 g/mol. The van der Waals surface area contributed by atoms with E-state index in [2.05, 4.69) is 16.8 Å². The zero-order chi connectivity index (χ0) is 19.4. The van der Waals surface area contributed by atoms with Gasteiger partial charge in [-0.1, -0.05) is 24.3 Å². The number of aldehydes is 1. The number of carbonyl (C=O) groups is 1. The smallest absolute Gasteiger partial charge is 0.284 e. The first-order valence-electron chi connectivity index (χ1n) is 7.79. The predicted molar refractivity (Wildman–Crippen MR) is 99.9 cm³/mol. The zero-order valence-electron chi connectivity index (χ0n) is 14.0. The topological polar surface area (TPSA) is 111 Å². The van der Waals surface area contributed by atoms with Crippen molar-refractivity contribution in [3.8, 4) is 17.1 Å². The standard InChI is InChI=1S/C18H14N4O4S/c1-2-9-21-17(13-5-3-4-6-15(13)24)19-20-18(21)27-16-8-7-12(11-23)10-14(16)22(25)26/h2-8,10-11,24H,1,9H2. The fourth-order valence-corrected chi connectivity index (χ4v) is 3.38. The number of aromatic nitrogens is 3. The van der Waals surface area contributed by atoms with E-state index in [4.69, 9.17) is 0 Å². The Hall–Kier alpha value is -3.46. The highest BCUT2D eigenvalue weighted by atomic mass is 32.2. The number of phenolic OH excluding ortho intramolecular Hbond substituents is 1. The molecule has 3 aromatic rings. The number of benzene rings is 2. The number of nitro benzene ring substituents is 1. The van der Waals surface area contributed by atoms with Gasteiger partial charge in [0.1, 0.15) is 12.0 Å². The Morgan fingerprint density at radius 1 is 1.26 bits per heavy atom. The lowest BCUT2D eigenvalue weighted by atomic mass is 10.2. The van der Waals surface area contributed by atoms with Gasteiger partial charge in [0.25, 0.3) is 5.69 Å². The molecular weight excluding hydrogens is 368 g/mol. The van der Waals surface area contributed by atoms with E-state index in [1.807, 2.05) is 0 Å². The Balaban J connectivity index is 2.06. The Labute approximate surface area is 158 Å². The van der Waals surface area contributed by atoms with Gasteiger partial charge in [0, 0.05) is 18.2 Å². The molecule has 0 radical (unpaired) electrons. The van der Waals surface area contributed by atoms with Gasteiger partial charge in [0.15, 0.2) is 11.0 Å². The molecule has 0 spiro atoms. The Kier molecular flexibility index (Phi) is 5.32. The van der Waals surface area contributed by atoms with Crippen LogP contribution in [0.5, 0.6) is 5.75 Å². The van der Waals surface area contributed by atoms with Crippen LogP contribution in [0.3, 0.4) is 0 Å². The predicted octanol–water partition coefficient (Wildman–Crippen LogP) is 3.71.